The molecule has 3 N–H and O–H groups in total. The summed E-state index contributed by atoms with van der Waals surface area (Å²) in [6, 6.07) is 6.11. The molecule has 0 amide bonds. The minimum absolute atomic E-state index is 0.186. The van der Waals surface area contributed by atoms with Crippen LogP contribution >= 0.6 is 43.2 Å². The van der Waals surface area contributed by atoms with Gasteiger partial charge >= 0.3 is 5.69 Å². The minimum Gasteiger partial charge on any atom is -0.377 e. The van der Waals surface area contributed by atoms with Crippen LogP contribution < -0.4 is 11.0 Å². The van der Waals surface area contributed by atoms with Crippen molar-refractivity contribution in [3.8, 4) is 0 Å². The van der Waals surface area contributed by atoms with Crippen molar-refractivity contribution in [2.45, 2.75) is 13.0 Å². The molecular formula is C13H11Br2N3OS. The Kier molecular flexibility index (Phi) is 3.74. The van der Waals surface area contributed by atoms with E-state index >= 15 is 0 Å². The molecule has 20 heavy (non-hydrogen) atoms. The van der Waals surface area contributed by atoms with Gasteiger partial charge in [0.2, 0.25) is 0 Å². The van der Waals surface area contributed by atoms with Crippen molar-refractivity contribution < 1.29 is 0 Å². The molecule has 0 saturated heterocycles. The fourth-order valence-corrected chi connectivity index (χ4v) is 3.94. The lowest BCUT2D eigenvalue weighted by molar-refractivity contribution is 0.907. The molecule has 4 nitrogen and oxygen atoms in total. The van der Waals surface area contributed by atoms with Crippen LogP contribution in [-0.4, -0.2) is 9.97 Å². The number of anilines is 1. The summed E-state index contributed by atoms with van der Waals surface area (Å²) in [6.07, 6.45) is 0. The molecule has 0 bridgehead atoms. The van der Waals surface area contributed by atoms with Gasteiger partial charge in [-0.2, -0.15) is 0 Å². The predicted molar refractivity (Wildman–Crippen MR) is 90.7 cm³/mol. The topological polar surface area (TPSA) is 60.7 Å². The molecule has 1 unspecified atom stereocenters. The lowest BCUT2D eigenvalue weighted by Crippen LogP contribution is -2.05. The molecule has 7 heteroatoms. The van der Waals surface area contributed by atoms with E-state index in [-0.39, 0.29) is 11.7 Å². The van der Waals surface area contributed by atoms with Crippen LogP contribution in [-0.2, 0) is 0 Å². The Hall–Kier alpha value is -1.05. The van der Waals surface area contributed by atoms with Crippen molar-refractivity contribution in [2.24, 2.45) is 0 Å². The van der Waals surface area contributed by atoms with Crippen LogP contribution in [0.5, 0.6) is 0 Å². The highest BCUT2D eigenvalue weighted by molar-refractivity contribution is 9.10. The molecule has 0 saturated carbocycles. The molecule has 3 rings (SSSR count). The average molecular weight is 417 g/mol. The van der Waals surface area contributed by atoms with Crippen LogP contribution in [0.4, 0.5) is 5.69 Å². The van der Waals surface area contributed by atoms with E-state index in [9.17, 15) is 4.79 Å². The summed E-state index contributed by atoms with van der Waals surface area (Å²) >= 11 is 8.70. The number of fused-ring (bicyclic) bond motifs is 1. The summed E-state index contributed by atoms with van der Waals surface area (Å²) in [7, 11) is 0. The lowest BCUT2D eigenvalue weighted by Gasteiger charge is -2.15. The van der Waals surface area contributed by atoms with Gasteiger partial charge in [0, 0.05) is 19.2 Å². The van der Waals surface area contributed by atoms with Gasteiger partial charge in [0.25, 0.3) is 0 Å². The number of imidazole rings is 1. The molecule has 0 aliphatic heterocycles. The van der Waals surface area contributed by atoms with Crippen molar-refractivity contribution in [3.63, 3.8) is 0 Å². The second-order valence-electron chi connectivity index (χ2n) is 4.49. The van der Waals surface area contributed by atoms with Gasteiger partial charge in [-0.25, -0.2) is 4.79 Å². The summed E-state index contributed by atoms with van der Waals surface area (Å²) in [5.41, 5.74) is 2.34. The first-order chi connectivity index (χ1) is 9.52. The van der Waals surface area contributed by atoms with Crippen molar-refractivity contribution in [3.05, 3.63) is 47.9 Å². The highest BCUT2D eigenvalue weighted by Gasteiger charge is 2.11. The van der Waals surface area contributed by atoms with Gasteiger partial charge in [-0.15, -0.1) is 11.3 Å². The zero-order valence-corrected chi connectivity index (χ0v) is 14.4. The van der Waals surface area contributed by atoms with Gasteiger partial charge in [0.15, 0.2) is 0 Å². The van der Waals surface area contributed by atoms with Gasteiger partial charge in [-0.3, -0.25) is 0 Å². The predicted octanol–water partition coefficient (Wildman–Crippen LogP) is 4.62. The van der Waals surface area contributed by atoms with Crippen LogP contribution in [0.1, 0.15) is 17.8 Å². The van der Waals surface area contributed by atoms with E-state index in [1.807, 2.05) is 12.1 Å². The number of benzene rings is 1. The summed E-state index contributed by atoms with van der Waals surface area (Å²) in [5, 5.41) is 5.51. The Morgan fingerprint density at radius 3 is 2.55 bits per heavy atom. The summed E-state index contributed by atoms with van der Waals surface area (Å²) in [5.74, 6) is 0. The molecule has 104 valence electrons. The van der Waals surface area contributed by atoms with Crippen molar-refractivity contribution in [2.75, 3.05) is 5.32 Å². The monoisotopic (exact) mass is 415 g/mol. The standard InChI is InChI=1S/C13H11Br2N3OS/c1-6(12-2-7(14)5-20-12)16-9-4-11-10(3-8(9)15)17-13(19)18-11/h2-6,16H,1H3,(H2,17,18,19). The molecule has 1 aromatic carbocycles. The molecular weight excluding hydrogens is 406 g/mol. The number of thiophene rings is 1. The Labute approximate surface area is 135 Å². The van der Waals surface area contributed by atoms with Gasteiger partial charge in [0.1, 0.15) is 0 Å². The molecule has 0 fully saturated rings. The highest BCUT2D eigenvalue weighted by atomic mass is 79.9. The highest BCUT2D eigenvalue weighted by Crippen LogP contribution is 2.32. The molecule has 1 atom stereocenters. The molecule has 2 aromatic heterocycles. The average Bonchev–Trinajstić information content (AvgIpc) is 2.95. The maximum absolute atomic E-state index is 11.3. The number of aromatic nitrogens is 2. The maximum Gasteiger partial charge on any atom is 0.323 e. The second kappa shape index (κ2) is 5.38. The summed E-state index contributed by atoms with van der Waals surface area (Å²) < 4.78 is 2.01. The Bertz CT molecular complexity index is 820. The quantitative estimate of drug-likeness (QED) is 0.583. The largest absolute Gasteiger partial charge is 0.377 e. The van der Waals surface area contributed by atoms with Crippen LogP contribution in [0.2, 0.25) is 0 Å². The van der Waals surface area contributed by atoms with Crippen molar-refractivity contribution >= 4 is 59.9 Å². The van der Waals surface area contributed by atoms with Crippen LogP contribution in [0.25, 0.3) is 11.0 Å². The van der Waals surface area contributed by atoms with Crippen molar-refractivity contribution in [1.29, 1.82) is 0 Å². The Balaban J connectivity index is 1.93. The van der Waals surface area contributed by atoms with Gasteiger partial charge in [-0.1, -0.05) is 0 Å². The first kappa shape index (κ1) is 13.9. The van der Waals surface area contributed by atoms with Crippen LogP contribution in [0.15, 0.2) is 37.3 Å². The SMILES string of the molecule is CC(Nc1cc2[nH]c(=O)[nH]c2cc1Br)c1cc(Br)cs1. The van der Waals surface area contributed by atoms with E-state index < -0.39 is 0 Å². The summed E-state index contributed by atoms with van der Waals surface area (Å²) in [4.78, 5) is 18.1. The molecule has 0 aliphatic rings. The number of nitrogens with one attached hydrogen (secondary N) is 3. The Morgan fingerprint density at radius 1 is 1.20 bits per heavy atom. The molecule has 0 aliphatic carbocycles. The third-order valence-corrected chi connectivity index (χ3v) is 5.52. The first-order valence-corrected chi connectivity index (χ1v) is 8.41. The fraction of sp³-hybridized carbons (Fsp3) is 0.154. The van der Waals surface area contributed by atoms with Crippen LogP contribution in [0, 0.1) is 0 Å². The number of aromatic amines is 2. The first-order valence-electron chi connectivity index (χ1n) is 5.95. The third-order valence-electron chi connectivity index (χ3n) is 2.99. The molecule has 0 spiro atoms. The van der Waals surface area contributed by atoms with E-state index in [1.165, 1.54) is 4.88 Å². The fourth-order valence-electron chi connectivity index (χ4n) is 2.03. The number of halogens is 2. The zero-order chi connectivity index (χ0) is 14.3. The number of hydrogen-bond acceptors (Lipinski definition) is 3. The van der Waals surface area contributed by atoms with E-state index in [4.69, 9.17) is 0 Å². The summed E-state index contributed by atoms with van der Waals surface area (Å²) in [6.45, 7) is 2.11. The number of rotatable bonds is 3. The van der Waals surface area contributed by atoms with E-state index in [0.29, 0.717) is 0 Å². The lowest BCUT2D eigenvalue weighted by atomic mass is 10.2. The van der Waals surface area contributed by atoms with E-state index in [0.717, 1.165) is 25.7 Å². The van der Waals surface area contributed by atoms with Crippen molar-refractivity contribution in [1.82, 2.24) is 9.97 Å². The smallest absolute Gasteiger partial charge is 0.323 e. The maximum atomic E-state index is 11.3. The van der Waals surface area contributed by atoms with E-state index in [2.05, 4.69) is 65.5 Å². The van der Waals surface area contributed by atoms with Gasteiger partial charge < -0.3 is 15.3 Å². The second-order valence-corrected chi connectivity index (χ2v) is 7.20. The van der Waals surface area contributed by atoms with Gasteiger partial charge in [0.05, 0.1) is 22.8 Å². The van der Waals surface area contributed by atoms with E-state index in [1.54, 1.807) is 11.3 Å². The molecule has 3 aromatic rings. The normalized spacial score (nSPS) is 12.8. The molecule has 0 radical (unpaired) electrons. The van der Waals surface area contributed by atoms with Crippen LogP contribution in [0.3, 0.4) is 0 Å². The zero-order valence-electron chi connectivity index (χ0n) is 10.5. The minimum atomic E-state index is -0.195. The number of H-pyrrole nitrogens is 2. The Morgan fingerprint density at radius 2 is 1.90 bits per heavy atom. The van der Waals surface area contributed by atoms with Gasteiger partial charge in [-0.05, 0) is 57.0 Å². The third kappa shape index (κ3) is 2.70. The molecule has 2 heterocycles. The number of hydrogen-bond donors (Lipinski definition) is 3.